The van der Waals surface area contributed by atoms with Crippen molar-refractivity contribution in [2.24, 2.45) is 0 Å². The van der Waals surface area contributed by atoms with Crippen molar-refractivity contribution in [2.75, 3.05) is 6.61 Å². The first-order valence-electron chi connectivity index (χ1n) is 10.1. The molecule has 4 rings (SSSR count). The zero-order valence-electron chi connectivity index (χ0n) is 17.0. The molecule has 2 N–H and O–H groups in total. The zero-order valence-corrected chi connectivity index (χ0v) is 17.0. The molecule has 1 heterocycles. The van der Waals surface area contributed by atoms with Crippen LogP contribution in [0.4, 0.5) is 8.78 Å². The van der Waals surface area contributed by atoms with Crippen LogP contribution in [0.5, 0.6) is 0 Å². The Morgan fingerprint density at radius 3 is 2.57 bits per heavy atom. The third-order valence-corrected chi connectivity index (χ3v) is 5.93. The molecule has 3 unspecified atom stereocenters. The van der Waals surface area contributed by atoms with Crippen LogP contribution in [0.1, 0.15) is 58.8 Å². The summed E-state index contributed by atoms with van der Waals surface area (Å²) in [5.74, 6) is 0.741. The first-order valence-corrected chi connectivity index (χ1v) is 10.1. The van der Waals surface area contributed by atoms with Gasteiger partial charge in [-0.05, 0) is 55.4 Å². The lowest BCUT2D eigenvalue weighted by molar-refractivity contribution is 0.0586. The number of benzene rings is 2. The minimum Gasteiger partial charge on any atom is -0.461 e. The summed E-state index contributed by atoms with van der Waals surface area (Å²) in [6, 6.07) is 16.2. The molecule has 1 fully saturated rings. The summed E-state index contributed by atoms with van der Waals surface area (Å²) in [5, 5.41) is 12.8. The molecule has 30 heavy (non-hydrogen) atoms. The van der Waals surface area contributed by atoms with Crippen LogP contribution in [0.15, 0.2) is 52.9 Å². The average molecular weight is 413 g/mol. The van der Waals surface area contributed by atoms with Gasteiger partial charge in [0.25, 0.3) is 5.91 Å². The summed E-state index contributed by atoms with van der Waals surface area (Å²) in [6.45, 7) is 2.51. The molecule has 0 radical (unpaired) electrons. The van der Waals surface area contributed by atoms with Gasteiger partial charge in [0.1, 0.15) is 11.3 Å². The molecule has 1 saturated carbocycles. The predicted octanol–water partition coefficient (Wildman–Crippen LogP) is 5.15. The van der Waals surface area contributed by atoms with Crippen LogP contribution >= 0.6 is 0 Å². The van der Waals surface area contributed by atoms with Crippen LogP contribution in [-0.2, 0) is 0 Å². The second kappa shape index (κ2) is 7.84. The molecular formula is C24H25F2NO3. The maximum Gasteiger partial charge on any atom is 0.255 e. The second-order valence-electron chi connectivity index (χ2n) is 8.42. The van der Waals surface area contributed by atoms with Crippen molar-refractivity contribution in [3.63, 3.8) is 0 Å². The number of halogens is 2. The van der Waals surface area contributed by atoms with E-state index in [1.807, 2.05) is 36.4 Å². The fraction of sp³-hybridized carbons (Fsp3) is 0.375. The summed E-state index contributed by atoms with van der Waals surface area (Å²) in [7, 11) is 0. The van der Waals surface area contributed by atoms with E-state index in [1.165, 1.54) is 12.5 Å². The molecule has 0 bridgehead atoms. The molecule has 3 atom stereocenters. The number of carbonyl (C=O) groups excluding carboxylic acids is 1. The van der Waals surface area contributed by atoms with Crippen LogP contribution in [0.25, 0.3) is 11.0 Å². The molecule has 4 nitrogen and oxygen atoms in total. The number of hydrogen-bond donors (Lipinski definition) is 2. The number of aliphatic hydroxyl groups is 1. The molecule has 2 aromatic carbocycles. The Morgan fingerprint density at radius 2 is 1.90 bits per heavy atom. The molecule has 1 aliphatic rings. The quantitative estimate of drug-likeness (QED) is 0.563. The summed E-state index contributed by atoms with van der Waals surface area (Å²) in [5.41, 5.74) is 1.93. The minimum absolute atomic E-state index is 0.331. The fourth-order valence-corrected chi connectivity index (χ4v) is 4.21. The molecular weight excluding hydrogens is 388 g/mol. The monoisotopic (exact) mass is 413 g/mol. The number of alkyl halides is 2. The molecule has 1 amide bonds. The topological polar surface area (TPSA) is 62.5 Å². The Hall–Kier alpha value is -2.73. The van der Waals surface area contributed by atoms with E-state index >= 15 is 0 Å². The molecule has 0 spiro atoms. The van der Waals surface area contributed by atoms with Gasteiger partial charge in [-0.3, -0.25) is 4.79 Å². The summed E-state index contributed by atoms with van der Waals surface area (Å²) < 4.78 is 31.5. The van der Waals surface area contributed by atoms with Crippen molar-refractivity contribution in [3.05, 3.63) is 71.0 Å². The van der Waals surface area contributed by atoms with E-state index in [0.29, 0.717) is 34.1 Å². The van der Waals surface area contributed by atoms with Crippen molar-refractivity contribution in [1.82, 2.24) is 5.32 Å². The highest BCUT2D eigenvalue weighted by Crippen LogP contribution is 2.55. The number of furan rings is 1. The van der Waals surface area contributed by atoms with Crippen molar-refractivity contribution in [2.45, 2.75) is 50.5 Å². The van der Waals surface area contributed by atoms with E-state index < -0.39 is 30.9 Å². The third-order valence-electron chi connectivity index (χ3n) is 5.93. The molecule has 0 saturated heterocycles. The second-order valence-corrected chi connectivity index (χ2v) is 8.42. The molecule has 6 heteroatoms. The Morgan fingerprint density at radius 1 is 1.20 bits per heavy atom. The normalized spacial score (nSPS) is 20.3. The predicted molar refractivity (Wildman–Crippen MR) is 111 cm³/mol. The third kappa shape index (κ3) is 3.97. The number of hydrogen-bond acceptors (Lipinski definition) is 3. The van der Waals surface area contributed by atoms with Gasteiger partial charge in [0.05, 0.1) is 17.7 Å². The largest absolute Gasteiger partial charge is 0.461 e. The molecule has 0 aliphatic heterocycles. The van der Waals surface area contributed by atoms with Crippen molar-refractivity contribution >= 4 is 16.9 Å². The maximum absolute atomic E-state index is 13.0. The number of amides is 1. The van der Waals surface area contributed by atoms with Gasteiger partial charge in [-0.2, -0.15) is 0 Å². The summed E-state index contributed by atoms with van der Waals surface area (Å²) >= 11 is 0. The van der Waals surface area contributed by atoms with Crippen LogP contribution < -0.4 is 5.32 Å². The maximum atomic E-state index is 13.0. The number of fused-ring (bicyclic) bond motifs is 1. The van der Waals surface area contributed by atoms with Crippen LogP contribution in [0.3, 0.4) is 0 Å². The first-order chi connectivity index (χ1) is 14.3. The van der Waals surface area contributed by atoms with E-state index in [0.717, 1.165) is 12.0 Å². The average Bonchev–Trinajstić information content (AvgIpc) is 3.43. The number of rotatable bonds is 7. The SMILES string of the molecule is Cc1oc2ccc(C3CC3c3ccccc3)cc2c1C(=O)NC(C)(CO)CC(F)F. The Bertz CT molecular complexity index is 1060. The van der Waals surface area contributed by atoms with Crippen molar-refractivity contribution in [1.29, 1.82) is 0 Å². The lowest BCUT2D eigenvalue weighted by atomic mass is 9.97. The van der Waals surface area contributed by atoms with Gasteiger partial charge < -0.3 is 14.8 Å². The first kappa shape index (κ1) is 20.5. The van der Waals surface area contributed by atoms with Gasteiger partial charge in [-0.25, -0.2) is 8.78 Å². The number of aliphatic hydroxyl groups excluding tert-OH is 1. The smallest absolute Gasteiger partial charge is 0.255 e. The van der Waals surface area contributed by atoms with E-state index in [1.54, 1.807) is 6.92 Å². The van der Waals surface area contributed by atoms with Crippen molar-refractivity contribution in [3.8, 4) is 0 Å². The lowest BCUT2D eigenvalue weighted by Crippen LogP contribution is -2.50. The van der Waals surface area contributed by atoms with E-state index in [2.05, 4.69) is 17.4 Å². The van der Waals surface area contributed by atoms with E-state index in [4.69, 9.17) is 4.42 Å². The van der Waals surface area contributed by atoms with Gasteiger partial charge in [0, 0.05) is 11.8 Å². The fourth-order valence-electron chi connectivity index (χ4n) is 4.21. The Kier molecular flexibility index (Phi) is 5.36. The highest BCUT2D eigenvalue weighted by atomic mass is 19.3. The van der Waals surface area contributed by atoms with Crippen LogP contribution in [-0.4, -0.2) is 29.6 Å². The summed E-state index contributed by atoms with van der Waals surface area (Å²) in [6.07, 6.45) is -2.22. The zero-order chi connectivity index (χ0) is 21.5. The summed E-state index contributed by atoms with van der Waals surface area (Å²) in [4.78, 5) is 13.0. The van der Waals surface area contributed by atoms with E-state index in [9.17, 15) is 18.7 Å². The van der Waals surface area contributed by atoms with Crippen molar-refractivity contribution < 1.29 is 23.1 Å². The van der Waals surface area contributed by atoms with Gasteiger partial charge in [0.2, 0.25) is 6.43 Å². The lowest BCUT2D eigenvalue weighted by Gasteiger charge is -2.28. The highest BCUT2D eigenvalue weighted by Gasteiger charge is 2.39. The standard InChI is InChI=1S/C24H25F2NO3/c1-14-22(23(29)27-24(2,13-28)12-21(25)26)19-10-16(8-9-20(19)30-14)18-11-17(18)15-6-4-3-5-7-15/h3-10,17-18,21,28H,11-13H2,1-2H3,(H,27,29). The number of nitrogens with one attached hydrogen (secondary N) is 1. The van der Waals surface area contributed by atoms with Crippen LogP contribution in [0.2, 0.25) is 0 Å². The molecule has 1 aliphatic carbocycles. The molecule has 158 valence electrons. The van der Waals surface area contributed by atoms with Gasteiger partial charge in [-0.1, -0.05) is 36.4 Å². The van der Waals surface area contributed by atoms with Gasteiger partial charge in [-0.15, -0.1) is 0 Å². The van der Waals surface area contributed by atoms with Gasteiger partial charge >= 0.3 is 0 Å². The minimum atomic E-state index is -2.64. The van der Waals surface area contributed by atoms with E-state index in [-0.39, 0.29) is 0 Å². The Labute approximate surface area is 173 Å². The molecule has 3 aromatic rings. The van der Waals surface area contributed by atoms with Crippen LogP contribution in [0, 0.1) is 6.92 Å². The molecule has 1 aromatic heterocycles. The highest BCUT2D eigenvalue weighted by molar-refractivity contribution is 6.07. The Balaban J connectivity index is 1.62. The number of carbonyl (C=O) groups is 1. The van der Waals surface area contributed by atoms with Gasteiger partial charge in [0.15, 0.2) is 0 Å². The number of aryl methyl sites for hydroxylation is 1.